The van der Waals surface area contributed by atoms with Gasteiger partial charge in [0, 0.05) is 0 Å². The van der Waals surface area contributed by atoms with Crippen molar-refractivity contribution in [2.45, 2.75) is 130 Å². The van der Waals surface area contributed by atoms with Crippen LogP contribution in [0.4, 0.5) is 0 Å². The fourth-order valence-corrected chi connectivity index (χ4v) is 6.02. The van der Waals surface area contributed by atoms with Crippen LogP contribution in [0.3, 0.4) is 0 Å². The Hall–Kier alpha value is -0.0800. The average Bonchev–Trinajstić information content (AvgIpc) is 2.69. The Labute approximate surface area is 182 Å². The van der Waals surface area contributed by atoms with E-state index in [-0.39, 0.29) is 12.2 Å². The summed E-state index contributed by atoms with van der Waals surface area (Å²) in [6, 6.07) is 0. The van der Waals surface area contributed by atoms with E-state index in [0.717, 1.165) is 43.4 Å². The molecule has 0 amide bonds. The van der Waals surface area contributed by atoms with Crippen LogP contribution in [0.25, 0.3) is 0 Å². The molecule has 2 aliphatic carbocycles. The van der Waals surface area contributed by atoms with E-state index in [9.17, 15) is 10.2 Å². The summed E-state index contributed by atoms with van der Waals surface area (Å²) in [5.74, 6) is 4.76. The molecule has 0 radical (unpaired) electrons. The van der Waals surface area contributed by atoms with Crippen molar-refractivity contribution in [1.29, 1.82) is 0 Å². The smallest absolute Gasteiger partial charge is 0.0571 e. The van der Waals surface area contributed by atoms with Crippen molar-refractivity contribution >= 4 is 0 Å². The highest BCUT2D eigenvalue weighted by atomic mass is 16.3. The zero-order valence-corrected chi connectivity index (χ0v) is 20.3. The Balaban J connectivity index is 1.68. The molecule has 4 atom stereocenters. The second-order valence-corrected chi connectivity index (χ2v) is 11.7. The van der Waals surface area contributed by atoms with Crippen LogP contribution in [0, 0.1) is 41.4 Å². The maximum atomic E-state index is 10.8. The normalized spacial score (nSPS) is 32.7. The van der Waals surface area contributed by atoms with E-state index in [2.05, 4.69) is 34.6 Å². The third-order valence-electron chi connectivity index (χ3n) is 8.66. The fraction of sp³-hybridized carbons (Fsp3) is 1.00. The Kier molecular flexibility index (Phi) is 11.0. The molecule has 2 heteroatoms. The van der Waals surface area contributed by atoms with E-state index in [1.165, 1.54) is 57.8 Å². The lowest BCUT2D eigenvalue weighted by Gasteiger charge is -2.33. The van der Waals surface area contributed by atoms with Crippen LogP contribution in [0.15, 0.2) is 0 Å². The van der Waals surface area contributed by atoms with Crippen LogP contribution in [-0.4, -0.2) is 22.4 Å². The predicted molar refractivity (Wildman–Crippen MR) is 125 cm³/mol. The molecule has 0 spiro atoms. The van der Waals surface area contributed by atoms with Gasteiger partial charge in [-0.25, -0.2) is 0 Å². The lowest BCUT2D eigenvalue weighted by molar-refractivity contribution is 0.0437. The lowest BCUT2D eigenvalue weighted by atomic mass is 9.75. The van der Waals surface area contributed by atoms with Gasteiger partial charge in [0.2, 0.25) is 0 Å². The summed E-state index contributed by atoms with van der Waals surface area (Å²) in [6.07, 6.45) is 15.6. The minimum Gasteiger partial charge on any atom is -0.393 e. The van der Waals surface area contributed by atoms with Crippen molar-refractivity contribution in [3.8, 4) is 0 Å². The molecule has 2 aliphatic rings. The van der Waals surface area contributed by atoms with E-state index < -0.39 is 0 Å². The van der Waals surface area contributed by atoms with Crippen LogP contribution in [0.5, 0.6) is 0 Å². The fourth-order valence-electron chi connectivity index (χ4n) is 6.02. The van der Waals surface area contributed by atoms with Crippen molar-refractivity contribution in [3.63, 3.8) is 0 Å². The molecule has 2 N–H and O–H groups in total. The SMILES string of the molecule is CC1CCC(CC(C)C(O)CCCC(CC(O)C2CCC(C)CC2)C(C)C)CC1. The van der Waals surface area contributed by atoms with E-state index in [4.69, 9.17) is 0 Å². The summed E-state index contributed by atoms with van der Waals surface area (Å²) in [5, 5.41) is 21.5. The van der Waals surface area contributed by atoms with Crippen LogP contribution in [-0.2, 0) is 0 Å². The van der Waals surface area contributed by atoms with E-state index in [1.807, 2.05) is 0 Å². The first-order valence-corrected chi connectivity index (χ1v) is 13.1. The summed E-state index contributed by atoms with van der Waals surface area (Å²) in [6.45, 7) is 11.6. The van der Waals surface area contributed by atoms with Gasteiger partial charge in [0.25, 0.3) is 0 Å². The van der Waals surface area contributed by atoms with Gasteiger partial charge in [0.05, 0.1) is 12.2 Å². The molecule has 172 valence electrons. The minimum absolute atomic E-state index is 0.118. The summed E-state index contributed by atoms with van der Waals surface area (Å²) in [7, 11) is 0. The second kappa shape index (κ2) is 12.7. The summed E-state index contributed by atoms with van der Waals surface area (Å²) in [5.41, 5.74) is 0. The Morgan fingerprint density at radius 1 is 0.759 bits per heavy atom. The zero-order valence-electron chi connectivity index (χ0n) is 20.3. The Morgan fingerprint density at radius 2 is 1.31 bits per heavy atom. The van der Waals surface area contributed by atoms with Crippen molar-refractivity contribution in [3.05, 3.63) is 0 Å². The first-order chi connectivity index (χ1) is 13.8. The second-order valence-electron chi connectivity index (χ2n) is 11.7. The number of hydrogen-bond acceptors (Lipinski definition) is 2. The molecule has 2 nitrogen and oxygen atoms in total. The van der Waals surface area contributed by atoms with Gasteiger partial charge in [-0.3, -0.25) is 0 Å². The minimum atomic E-state index is -0.146. The first kappa shape index (κ1) is 25.2. The maximum Gasteiger partial charge on any atom is 0.0571 e. The number of rotatable bonds is 11. The summed E-state index contributed by atoms with van der Waals surface area (Å²) >= 11 is 0. The monoisotopic (exact) mass is 408 g/mol. The molecule has 0 aromatic rings. The molecule has 29 heavy (non-hydrogen) atoms. The van der Waals surface area contributed by atoms with Gasteiger partial charge >= 0.3 is 0 Å². The lowest BCUT2D eigenvalue weighted by Crippen LogP contribution is -2.29. The molecule has 0 heterocycles. The summed E-state index contributed by atoms with van der Waals surface area (Å²) < 4.78 is 0. The molecular formula is C27H52O2. The van der Waals surface area contributed by atoms with Crippen molar-refractivity contribution < 1.29 is 10.2 Å². The van der Waals surface area contributed by atoms with Crippen LogP contribution in [0.2, 0.25) is 0 Å². The molecular weight excluding hydrogens is 356 g/mol. The van der Waals surface area contributed by atoms with Gasteiger partial charge in [0.15, 0.2) is 0 Å². The molecule has 0 aliphatic heterocycles. The standard InChI is InChI=1S/C27H52O2/c1-19(2)25(18-27(29)24-15-11-21(4)12-16-24)7-6-8-26(28)22(5)17-23-13-9-20(3)10-14-23/h19-29H,6-18H2,1-5H3. The topological polar surface area (TPSA) is 40.5 Å². The highest BCUT2D eigenvalue weighted by Crippen LogP contribution is 2.36. The quantitative estimate of drug-likeness (QED) is 0.379. The van der Waals surface area contributed by atoms with Gasteiger partial charge in [-0.2, -0.15) is 0 Å². The number of hydrogen-bond donors (Lipinski definition) is 2. The van der Waals surface area contributed by atoms with Gasteiger partial charge in [-0.05, 0) is 73.5 Å². The third kappa shape index (κ3) is 8.90. The molecule has 2 rings (SSSR count). The van der Waals surface area contributed by atoms with Crippen molar-refractivity contribution in [1.82, 2.24) is 0 Å². The maximum absolute atomic E-state index is 10.8. The van der Waals surface area contributed by atoms with E-state index in [1.54, 1.807) is 0 Å². The van der Waals surface area contributed by atoms with Gasteiger partial charge in [0.1, 0.15) is 0 Å². The number of aliphatic hydroxyl groups excluding tert-OH is 2. The van der Waals surface area contributed by atoms with E-state index >= 15 is 0 Å². The third-order valence-corrected chi connectivity index (χ3v) is 8.66. The average molecular weight is 409 g/mol. The zero-order chi connectivity index (χ0) is 21.4. The Morgan fingerprint density at radius 3 is 1.86 bits per heavy atom. The van der Waals surface area contributed by atoms with Gasteiger partial charge in [-0.15, -0.1) is 0 Å². The molecule has 2 saturated carbocycles. The largest absolute Gasteiger partial charge is 0.393 e. The van der Waals surface area contributed by atoms with Crippen molar-refractivity contribution in [2.75, 3.05) is 0 Å². The van der Waals surface area contributed by atoms with Crippen LogP contribution < -0.4 is 0 Å². The van der Waals surface area contributed by atoms with Gasteiger partial charge in [-0.1, -0.05) is 86.0 Å². The molecule has 0 saturated heterocycles. The Bertz CT molecular complexity index is 418. The van der Waals surface area contributed by atoms with Crippen LogP contribution in [0.1, 0.15) is 118 Å². The van der Waals surface area contributed by atoms with Gasteiger partial charge < -0.3 is 10.2 Å². The highest BCUT2D eigenvalue weighted by molar-refractivity contribution is 4.80. The number of aliphatic hydroxyl groups is 2. The van der Waals surface area contributed by atoms with Crippen molar-refractivity contribution in [2.24, 2.45) is 41.4 Å². The molecule has 0 aromatic heterocycles. The molecule has 0 bridgehead atoms. The first-order valence-electron chi connectivity index (χ1n) is 13.1. The summed E-state index contributed by atoms with van der Waals surface area (Å²) in [4.78, 5) is 0. The predicted octanol–water partition coefficient (Wildman–Crippen LogP) is 7.22. The van der Waals surface area contributed by atoms with Crippen LogP contribution >= 0.6 is 0 Å². The molecule has 4 unspecified atom stereocenters. The highest BCUT2D eigenvalue weighted by Gasteiger charge is 2.28. The molecule has 2 fully saturated rings. The molecule has 0 aromatic carbocycles. The van der Waals surface area contributed by atoms with E-state index in [0.29, 0.717) is 23.7 Å².